The highest BCUT2D eigenvalue weighted by atomic mass is 16.5. The molecule has 0 saturated carbocycles. The third-order valence-electron chi connectivity index (χ3n) is 12.0. The second kappa shape index (κ2) is 23.2. The third kappa shape index (κ3) is 12.5. The van der Waals surface area contributed by atoms with Crippen LogP contribution < -0.4 is 19.3 Å². The lowest BCUT2D eigenvalue weighted by molar-refractivity contribution is 0.0598. The van der Waals surface area contributed by atoms with E-state index in [1.807, 2.05) is 72.9 Å². The molecule has 346 valence electrons. The molecule has 2 aliphatic heterocycles. The normalized spacial score (nSPS) is 14.1. The van der Waals surface area contributed by atoms with E-state index in [0.717, 1.165) is 81.7 Å². The molecule has 6 aromatic rings. The Hall–Kier alpha value is -7.42. The number of carbonyl (C=O) groups is 4. The fourth-order valence-corrected chi connectivity index (χ4v) is 8.41. The van der Waals surface area contributed by atoms with Crippen LogP contribution in [0.3, 0.4) is 0 Å². The maximum atomic E-state index is 13.0. The Labute approximate surface area is 391 Å². The molecule has 0 amide bonds. The molecule has 2 aliphatic rings. The highest BCUT2D eigenvalue weighted by molar-refractivity contribution is 6.02. The molecule has 0 bridgehead atoms. The van der Waals surface area contributed by atoms with E-state index in [2.05, 4.69) is 29.6 Å². The second-order valence-corrected chi connectivity index (χ2v) is 16.3. The molecule has 4 heterocycles. The smallest absolute Gasteiger partial charge is 0.338 e. The lowest BCUT2D eigenvalue weighted by Gasteiger charge is -2.35. The van der Waals surface area contributed by atoms with E-state index in [0.29, 0.717) is 45.9 Å². The van der Waals surface area contributed by atoms with Gasteiger partial charge in [-0.2, -0.15) is 0 Å². The number of hydrogen-bond donors (Lipinski definition) is 1. The number of aromatic nitrogens is 2. The number of rotatable bonds is 16. The van der Waals surface area contributed by atoms with Crippen LogP contribution >= 0.6 is 0 Å². The first kappa shape index (κ1) is 47.5. The van der Waals surface area contributed by atoms with Gasteiger partial charge in [0.25, 0.3) is 0 Å². The summed E-state index contributed by atoms with van der Waals surface area (Å²) in [7, 11) is 4.41. The molecule has 14 nitrogen and oxygen atoms in total. The topological polar surface area (TPSA) is 155 Å². The van der Waals surface area contributed by atoms with Gasteiger partial charge in [0.2, 0.25) is 0 Å². The van der Waals surface area contributed by atoms with E-state index in [9.17, 15) is 24.3 Å². The Morgan fingerprint density at radius 2 is 0.925 bits per heavy atom. The number of methoxy groups -OCH3 is 3. The Morgan fingerprint density at radius 1 is 0.507 bits per heavy atom. The summed E-state index contributed by atoms with van der Waals surface area (Å²) >= 11 is 0. The summed E-state index contributed by atoms with van der Waals surface area (Å²) in [6.07, 6.45) is 3.71. The van der Waals surface area contributed by atoms with E-state index in [1.54, 1.807) is 60.8 Å². The van der Waals surface area contributed by atoms with Gasteiger partial charge < -0.3 is 29.1 Å². The number of carboxylic acid groups (broad SMARTS) is 1. The number of carboxylic acids is 1. The van der Waals surface area contributed by atoms with Crippen LogP contribution in [0.15, 0.2) is 134 Å². The summed E-state index contributed by atoms with van der Waals surface area (Å²) in [5.41, 5.74) is 4.63. The standard InChI is InChI=1S/C27H29N3O4.C26H27N3O4/c1-33-25-8-4-3-7-22(25)24(31)18-21-11-10-20(17-23(21)27(32)34-2)19-29-13-15-30(16-14-29)26-9-5-6-12-28-26;1-33-24-7-3-2-6-21(24)23(30)17-20-10-9-19(16-22(20)26(31)32)18-28-12-14-29(15-13-28)25-8-4-5-11-27-25/h3-12,17H,13-16,18-19H2,1-2H3;2-11,16H,12-15,17-18H2,1H3,(H,31,32). The van der Waals surface area contributed by atoms with Crippen molar-refractivity contribution < 1.29 is 38.5 Å². The first-order valence-corrected chi connectivity index (χ1v) is 22.3. The minimum Gasteiger partial charge on any atom is -0.496 e. The van der Waals surface area contributed by atoms with Crippen LogP contribution in [0.1, 0.15) is 63.7 Å². The Bertz CT molecular complexity index is 2630. The van der Waals surface area contributed by atoms with Crippen LogP contribution in [-0.4, -0.2) is 122 Å². The van der Waals surface area contributed by atoms with Gasteiger partial charge in [0, 0.05) is 90.7 Å². The van der Waals surface area contributed by atoms with Crippen molar-refractivity contribution in [3.05, 3.63) is 178 Å². The predicted octanol–water partition coefficient (Wildman–Crippen LogP) is 7.16. The van der Waals surface area contributed by atoms with Crippen LogP contribution in [0.4, 0.5) is 11.6 Å². The van der Waals surface area contributed by atoms with Crippen molar-refractivity contribution in [3.63, 3.8) is 0 Å². The second-order valence-electron chi connectivity index (χ2n) is 16.3. The van der Waals surface area contributed by atoms with Gasteiger partial charge >= 0.3 is 11.9 Å². The number of piperazine rings is 2. The highest BCUT2D eigenvalue weighted by Crippen LogP contribution is 2.25. The SMILES string of the molecule is COC(=O)c1cc(CN2CCN(c3ccccn3)CC2)ccc1CC(=O)c1ccccc1OC.COc1ccccc1C(=O)Cc1ccc(CN2CCN(c3ccccn3)CC2)cc1C(=O)O. The van der Waals surface area contributed by atoms with Crippen LogP contribution in [-0.2, 0) is 30.7 Å². The van der Waals surface area contributed by atoms with Gasteiger partial charge in [-0.1, -0.05) is 60.7 Å². The molecule has 0 spiro atoms. The van der Waals surface area contributed by atoms with Crippen LogP contribution in [0, 0.1) is 0 Å². The fourth-order valence-electron chi connectivity index (χ4n) is 8.41. The number of carbonyl (C=O) groups excluding carboxylic acids is 3. The number of benzene rings is 4. The third-order valence-corrected chi connectivity index (χ3v) is 12.0. The average molecular weight is 905 g/mol. The number of esters is 1. The first-order chi connectivity index (χ1) is 32.6. The number of pyridine rings is 2. The molecule has 2 fully saturated rings. The van der Waals surface area contributed by atoms with E-state index >= 15 is 0 Å². The Kier molecular flexibility index (Phi) is 16.4. The average Bonchev–Trinajstić information content (AvgIpc) is 3.38. The minimum atomic E-state index is -1.03. The summed E-state index contributed by atoms with van der Waals surface area (Å²) in [5, 5.41) is 9.78. The minimum absolute atomic E-state index is 0.00500. The number of ketones is 2. The maximum absolute atomic E-state index is 13.0. The van der Waals surface area contributed by atoms with E-state index in [1.165, 1.54) is 21.3 Å². The summed E-state index contributed by atoms with van der Waals surface area (Å²) in [5.74, 6) is 1.24. The fraction of sp³-hybridized carbons (Fsp3) is 0.283. The lowest BCUT2D eigenvalue weighted by Crippen LogP contribution is -2.46. The molecular weight excluding hydrogens is 849 g/mol. The zero-order valence-corrected chi connectivity index (χ0v) is 38.2. The number of para-hydroxylation sites is 2. The summed E-state index contributed by atoms with van der Waals surface area (Å²) in [6, 6.07) is 37.0. The largest absolute Gasteiger partial charge is 0.496 e. The van der Waals surface area contributed by atoms with Gasteiger partial charge in [0.1, 0.15) is 23.1 Å². The number of nitrogens with zero attached hydrogens (tertiary/aromatic N) is 6. The van der Waals surface area contributed by atoms with E-state index in [-0.39, 0.29) is 30.0 Å². The van der Waals surface area contributed by atoms with Crippen molar-refractivity contribution in [2.45, 2.75) is 25.9 Å². The molecule has 2 saturated heterocycles. The lowest BCUT2D eigenvalue weighted by atomic mass is 9.96. The number of aromatic carboxylic acids is 1. The van der Waals surface area contributed by atoms with Crippen molar-refractivity contribution >= 4 is 35.1 Å². The molecule has 1 N–H and O–H groups in total. The van der Waals surface area contributed by atoms with Gasteiger partial charge in [0.15, 0.2) is 11.6 Å². The van der Waals surface area contributed by atoms with Crippen molar-refractivity contribution in [3.8, 4) is 11.5 Å². The monoisotopic (exact) mass is 904 g/mol. The van der Waals surface area contributed by atoms with Crippen molar-refractivity contribution in [2.75, 3.05) is 83.5 Å². The van der Waals surface area contributed by atoms with E-state index in [4.69, 9.17) is 14.2 Å². The summed E-state index contributed by atoms with van der Waals surface area (Å²) in [6.45, 7) is 8.45. The molecule has 67 heavy (non-hydrogen) atoms. The van der Waals surface area contributed by atoms with Gasteiger partial charge in [-0.25, -0.2) is 19.6 Å². The van der Waals surface area contributed by atoms with Crippen molar-refractivity contribution in [1.29, 1.82) is 0 Å². The molecule has 0 atom stereocenters. The van der Waals surface area contributed by atoms with Gasteiger partial charge in [-0.05, 0) is 82.9 Å². The molecule has 0 aliphatic carbocycles. The summed E-state index contributed by atoms with van der Waals surface area (Å²) < 4.78 is 15.6. The quantitative estimate of drug-likeness (QED) is 0.0772. The highest BCUT2D eigenvalue weighted by Gasteiger charge is 2.23. The Morgan fingerprint density at radius 3 is 1.33 bits per heavy atom. The molecule has 0 radical (unpaired) electrons. The van der Waals surface area contributed by atoms with Crippen LogP contribution in [0.25, 0.3) is 0 Å². The molecule has 0 unspecified atom stereocenters. The predicted molar refractivity (Wildman–Crippen MR) is 257 cm³/mol. The van der Waals surface area contributed by atoms with E-state index < -0.39 is 11.9 Å². The summed E-state index contributed by atoms with van der Waals surface area (Å²) in [4.78, 5) is 68.3. The molecular formula is C53H56N6O8. The number of hydrogen-bond acceptors (Lipinski definition) is 13. The Balaban J connectivity index is 0.000000199. The van der Waals surface area contributed by atoms with Gasteiger partial charge in [0.05, 0.1) is 43.6 Å². The number of anilines is 2. The molecule has 4 aromatic carbocycles. The molecule has 8 rings (SSSR count). The maximum Gasteiger partial charge on any atom is 0.338 e. The van der Waals surface area contributed by atoms with Gasteiger partial charge in [-0.3, -0.25) is 19.4 Å². The zero-order chi connectivity index (χ0) is 47.1. The number of ether oxygens (including phenoxy) is 3. The first-order valence-electron chi connectivity index (χ1n) is 22.3. The zero-order valence-electron chi connectivity index (χ0n) is 38.2. The van der Waals surface area contributed by atoms with Crippen molar-refractivity contribution in [2.24, 2.45) is 0 Å². The van der Waals surface area contributed by atoms with Crippen LogP contribution in [0.5, 0.6) is 11.5 Å². The molecule has 2 aromatic heterocycles. The van der Waals surface area contributed by atoms with Crippen molar-refractivity contribution in [1.82, 2.24) is 19.8 Å². The number of Topliss-reactive ketones (excluding diaryl/α,β-unsaturated/α-hetero) is 2. The molecule has 14 heteroatoms. The van der Waals surface area contributed by atoms with Crippen LogP contribution in [0.2, 0.25) is 0 Å². The van der Waals surface area contributed by atoms with Gasteiger partial charge in [-0.15, -0.1) is 0 Å².